The van der Waals surface area contributed by atoms with Crippen LogP contribution in [0.2, 0.25) is 0 Å². The van der Waals surface area contributed by atoms with Gasteiger partial charge in [0.2, 0.25) is 5.36 Å². The van der Waals surface area contributed by atoms with E-state index in [1.165, 1.54) is 52.2 Å². The predicted octanol–water partition coefficient (Wildman–Crippen LogP) is 8.43. The van der Waals surface area contributed by atoms with E-state index < -0.39 is 5.97 Å². The number of aryl methyl sites for hydroxylation is 3. The molecular formula is C76H71Cl2N2O11-. The Hall–Kier alpha value is -9.95. The van der Waals surface area contributed by atoms with E-state index in [0.29, 0.717) is 57.8 Å². The number of aromatic hydroxyl groups is 1. The topological polar surface area (TPSA) is 169 Å². The number of aromatic carboxylic acids is 1. The zero-order chi connectivity index (χ0) is 63.2. The molecule has 0 saturated heterocycles. The van der Waals surface area contributed by atoms with Gasteiger partial charge in [-0.15, -0.1) is 0 Å². The number of phenolic OH excluding ortho intramolecular Hbond substituents is 1. The Balaban J connectivity index is 0.000000175. The molecule has 3 heterocycles. The summed E-state index contributed by atoms with van der Waals surface area (Å²) in [7, 11) is 8.01. The second-order valence-corrected chi connectivity index (χ2v) is 22.1. The highest BCUT2D eigenvalue weighted by molar-refractivity contribution is 6.09. The Bertz CT molecular complexity index is 4770. The van der Waals surface area contributed by atoms with Gasteiger partial charge < -0.3 is 63.0 Å². The molecule has 15 heteroatoms. The summed E-state index contributed by atoms with van der Waals surface area (Å²) < 4.78 is 31.4. The summed E-state index contributed by atoms with van der Waals surface area (Å²) in [5, 5.41) is 24.1. The quantitative estimate of drug-likeness (QED) is 0.0682. The number of carbonyl (C=O) groups excluding carboxylic acids is 2. The van der Waals surface area contributed by atoms with Gasteiger partial charge in [0.25, 0.3) is 0 Å². The number of hydrogen-bond donors (Lipinski definition) is 2. The third-order valence-corrected chi connectivity index (χ3v) is 15.7. The van der Waals surface area contributed by atoms with E-state index in [2.05, 4.69) is 82.3 Å². The molecule has 7 aromatic carbocycles. The van der Waals surface area contributed by atoms with Crippen LogP contribution in [0.3, 0.4) is 0 Å². The number of hydrogen-bond acceptors (Lipinski definition) is 11. The first-order chi connectivity index (χ1) is 42.9. The monoisotopic (exact) mass is 1260 g/mol. The van der Waals surface area contributed by atoms with Crippen molar-refractivity contribution in [2.75, 3.05) is 46.3 Å². The molecule has 0 bridgehead atoms. The fourth-order valence-electron chi connectivity index (χ4n) is 11.5. The molecule has 0 spiro atoms. The molecule has 91 heavy (non-hydrogen) atoms. The zero-order valence-corrected chi connectivity index (χ0v) is 54.0. The van der Waals surface area contributed by atoms with Crippen LogP contribution < -0.4 is 60.2 Å². The molecule has 2 aliphatic carbocycles. The Morgan fingerprint density at radius 2 is 1.13 bits per heavy atom. The smallest absolute Gasteiger partial charge is 0.338 e. The second kappa shape index (κ2) is 29.1. The van der Waals surface area contributed by atoms with E-state index in [9.17, 15) is 29.4 Å². The normalized spacial score (nSPS) is 11.4. The summed E-state index contributed by atoms with van der Waals surface area (Å²) in [4.78, 5) is 51.0. The fraction of sp³-hybridized carbons (Fsp3) is 0.197. The van der Waals surface area contributed by atoms with Crippen LogP contribution in [0.4, 0.5) is 5.69 Å². The van der Waals surface area contributed by atoms with Crippen molar-refractivity contribution in [2.24, 2.45) is 0 Å². The summed E-state index contributed by atoms with van der Waals surface area (Å²) in [6, 6.07) is 52.0. The highest BCUT2D eigenvalue weighted by Crippen LogP contribution is 2.44. The number of carboxylic acid groups (broad SMARTS) is 1. The third kappa shape index (κ3) is 13.9. The minimum atomic E-state index is -1.04. The van der Waals surface area contributed by atoms with Gasteiger partial charge in [-0.25, -0.2) is 19.0 Å². The SMILES string of the molecule is CC/C=c1/cc2c(cc1C)=C(c1ccccc1C(=O)OCC)c1cc(C)c(CCC)cc1O2.CCOC(=O)c1ccccc1-c1c2ccc(=[N+](C)C)cc-2oc2cc(N(C)C)ccc12.O=C(O)c1ccccc1-c1c2ccc(=O)cc-2oc2cc(O)ccc12.[Cl-].[Cl-]. The van der Waals surface area contributed by atoms with Gasteiger partial charge in [-0.2, -0.15) is 0 Å². The lowest BCUT2D eigenvalue weighted by molar-refractivity contribution is -0.001000. The third-order valence-electron chi connectivity index (χ3n) is 15.7. The Morgan fingerprint density at radius 3 is 1.73 bits per heavy atom. The van der Waals surface area contributed by atoms with Gasteiger partial charge in [-0.05, 0) is 164 Å². The van der Waals surface area contributed by atoms with E-state index in [1.807, 2.05) is 112 Å². The first kappa shape index (κ1) is 67.0. The summed E-state index contributed by atoms with van der Waals surface area (Å²) >= 11 is 0. The van der Waals surface area contributed by atoms with Crippen molar-refractivity contribution >= 4 is 57.2 Å². The van der Waals surface area contributed by atoms with Crippen LogP contribution in [-0.4, -0.2) is 69.5 Å². The number of nitrogens with zero attached hydrogens (tertiary/aromatic N) is 2. The molecule has 5 aliphatic rings. The first-order valence-electron chi connectivity index (χ1n) is 29.8. The number of phenols is 1. The zero-order valence-electron chi connectivity index (χ0n) is 52.5. The molecule has 0 radical (unpaired) electrons. The van der Waals surface area contributed by atoms with Gasteiger partial charge in [-0.3, -0.25) is 4.79 Å². The van der Waals surface area contributed by atoms with Crippen LogP contribution in [0.1, 0.15) is 99.4 Å². The maximum Gasteiger partial charge on any atom is 0.338 e. The van der Waals surface area contributed by atoms with Crippen LogP contribution >= 0.6 is 0 Å². The average Bonchev–Trinajstić information content (AvgIpc) is 0.809. The number of esters is 2. The molecule has 2 N–H and O–H groups in total. The number of ether oxygens (including phenoxy) is 3. The minimum absolute atomic E-state index is 0. The lowest BCUT2D eigenvalue weighted by Gasteiger charge is -2.24. The van der Waals surface area contributed by atoms with Gasteiger partial charge in [-0.1, -0.05) is 80.9 Å². The van der Waals surface area contributed by atoms with Crippen molar-refractivity contribution in [2.45, 2.75) is 60.8 Å². The summed E-state index contributed by atoms with van der Waals surface area (Å²) in [6.45, 7) is 12.9. The molecule has 0 fully saturated rings. The molecule has 13 nitrogen and oxygen atoms in total. The molecule has 0 amide bonds. The van der Waals surface area contributed by atoms with Crippen molar-refractivity contribution in [3.63, 3.8) is 0 Å². The summed E-state index contributed by atoms with van der Waals surface area (Å²) in [5.74, 6) is 1.12. The molecular weight excluding hydrogens is 1190 g/mol. The van der Waals surface area contributed by atoms with Gasteiger partial charge in [0, 0.05) is 93.4 Å². The molecule has 3 aliphatic heterocycles. The maximum absolute atomic E-state index is 12.9. The highest BCUT2D eigenvalue weighted by atomic mass is 35.5. The first-order valence-corrected chi connectivity index (χ1v) is 29.8. The van der Waals surface area contributed by atoms with E-state index in [0.717, 1.165) is 97.1 Å². The predicted molar refractivity (Wildman–Crippen MR) is 353 cm³/mol. The number of anilines is 1. The second-order valence-electron chi connectivity index (χ2n) is 22.1. The van der Waals surface area contributed by atoms with Crippen molar-refractivity contribution in [3.8, 4) is 62.1 Å². The van der Waals surface area contributed by atoms with Crippen LogP contribution in [0, 0.1) is 13.8 Å². The lowest BCUT2D eigenvalue weighted by Crippen LogP contribution is -3.00. The lowest BCUT2D eigenvalue weighted by atomic mass is 9.87. The number of fused-ring (bicyclic) bond motifs is 6. The van der Waals surface area contributed by atoms with Crippen LogP contribution in [0.5, 0.6) is 17.2 Å². The van der Waals surface area contributed by atoms with E-state index in [4.69, 9.17) is 23.0 Å². The number of rotatable bonds is 12. The van der Waals surface area contributed by atoms with E-state index in [-0.39, 0.29) is 53.5 Å². The minimum Gasteiger partial charge on any atom is -1.00 e. The van der Waals surface area contributed by atoms with Crippen LogP contribution in [0.15, 0.2) is 183 Å². The largest absolute Gasteiger partial charge is 1.00 e. The fourth-order valence-corrected chi connectivity index (χ4v) is 11.5. The van der Waals surface area contributed by atoms with Crippen molar-refractivity contribution in [1.29, 1.82) is 0 Å². The average molecular weight is 1260 g/mol. The van der Waals surface area contributed by atoms with E-state index >= 15 is 0 Å². The van der Waals surface area contributed by atoms with Gasteiger partial charge in [0.05, 0.1) is 36.0 Å². The standard InChI is InChI=1S/C30H32O3.C26H27N2O3.C20H12O5.2ClH/c1-6-11-21-17-27-25(15-19(21)4)29(23-13-9-10-14-24(23)30(31)32-8-3)26-16-20(5)22(12-7-2)18-28(26)33-27;1-6-30-26(29)20-10-8-7-9-19(20)25-21-13-11-17(27(2)3)15-23(21)31-24-16-18(28(4)5)12-14-22(24)25;21-11-5-7-15-17(9-11)25-18-10-12(22)6-8-16(18)19(15)13-3-1-2-4-14(13)20(23)24;;/h9-11,13-18H,6-8,12H2,1-5H3;7-16H,6H2,1-5H3;1-10,21H,(H,23,24);2*1H/q;+1;;;/p-2/b21-11-;;;;. The van der Waals surface area contributed by atoms with Crippen molar-refractivity contribution in [3.05, 3.63) is 240 Å². The Kier molecular flexibility index (Phi) is 21.4. The number of carbonyl (C=O) groups is 3. The van der Waals surface area contributed by atoms with Crippen LogP contribution in [-0.2, 0) is 15.9 Å². The van der Waals surface area contributed by atoms with Gasteiger partial charge in [0.1, 0.15) is 54.0 Å². The molecule has 0 saturated carbocycles. The molecule has 0 unspecified atom stereocenters. The van der Waals surface area contributed by atoms with Crippen molar-refractivity contribution in [1.82, 2.24) is 4.58 Å². The molecule has 0 aromatic heterocycles. The van der Waals surface area contributed by atoms with Gasteiger partial charge >= 0.3 is 17.9 Å². The Morgan fingerprint density at radius 1 is 0.571 bits per heavy atom. The molecule has 0 atom stereocenters. The van der Waals surface area contributed by atoms with Crippen molar-refractivity contribution < 1.29 is 72.5 Å². The molecule has 7 aromatic rings. The Labute approximate surface area is 540 Å². The van der Waals surface area contributed by atoms with E-state index in [1.54, 1.807) is 30.3 Å². The summed E-state index contributed by atoms with van der Waals surface area (Å²) in [6.07, 6.45) is 5.26. The number of benzene rings is 9. The number of carboxylic acids is 1. The highest BCUT2D eigenvalue weighted by Gasteiger charge is 2.27. The summed E-state index contributed by atoms with van der Waals surface area (Å²) in [5.41, 5.74) is 14.4. The molecule has 466 valence electrons. The number of halogens is 2. The maximum atomic E-state index is 12.9. The van der Waals surface area contributed by atoms with Gasteiger partial charge in [0.15, 0.2) is 5.43 Å². The van der Waals surface area contributed by atoms with Crippen LogP contribution in [0.25, 0.3) is 78.5 Å². The molecule has 12 rings (SSSR count).